The van der Waals surface area contributed by atoms with Crippen molar-refractivity contribution in [2.75, 3.05) is 81.9 Å². The van der Waals surface area contributed by atoms with E-state index in [-0.39, 0.29) is 45.4 Å². The predicted molar refractivity (Wildman–Crippen MR) is 286 cm³/mol. The Morgan fingerprint density at radius 2 is 0.863 bits per heavy atom. The molecule has 0 radical (unpaired) electrons. The van der Waals surface area contributed by atoms with Gasteiger partial charge in [0.2, 0.25) is 0 Å². The summed E-state index contributed by atoms with van der Waals surface area (Å²) in [5.74, 6) is 0. The zero-order valence-electron chi connectivity index (χ0n) is 48.5. The van der Waals surface area contributed by atoms with Crippen molar-refractivity contribution in [1.82, 2.24) is 9.80 Å². The largest absolute Gasteiger partial charge is 0.444 e. The van der Waals surface area contributed by atoms with Crippen molar-refractivity contribution in [3.05, 3.63) is 23.3 Å². The van der Waals surface area contributed by atoms with Gasteiger partial charge in [0.25, 0.3) is 0 Å². The van der Waals surface area contributed by atoms with Crippen LogP contribution in [0.4, 0.5) is 9.59 Å². The van der Waals surface area contributed by atoms with Gasteiger partial charge < -0.3 is 67.1 Å². The van der Waals surface area contributed by atoms with Gasteiger partial charge in [-0.05, 0) is 83.7 Å². The fourth-order valence-electron chi connectivity index (χ4n) is 8.13. The Hall–Kier alpha value is -2.24. The van der Waals surface area contributed by atoms with Crippen LogP contribution >= 0.6 is 0 Å². The van der Waals surface area contributed by atoms with Crippen LogP contribution in [0.5, 0.6) is 0 Å². The van der Waals surface area contributed by atoms with Gasteiger partial charge in [-0.2, -0.15) is 0 Å². The van der Waals surface area contributed by atoms with E-state index in [1.807, 2.05) is 47.6 Å². The number of carbonyl (C=O) groups is 2. The molecule has 0 saturated heterocycles. The number of unbranched alkanes of at least 4 members (excludes halogenated alkanes) is 10. The van der Waals surface area contributed by atoms with Crippen molar-refractivity contribution >= 4 is 20.5 Å². The smallest absolute Gasteiger partial charge is 0.410 e. The summed E-state index contributed by atoms with van der Waals surface area (Å²) in [5.41, 5.74) is -0.333. The maximum atomic E-state index is 13.6. The maximum Gasteiger partial charge on any atom is 0.410 e. The average molecular weight is 1070 g/mol. The van der Waals surface area contributed by atoms with Crippen molar-refractivity contribution in [2.45, 2.75) is 231 Å². The molecule has 0 bridgehead atoms. The normalized spacial score (nSPS) is 22.7. The first-order valence-electron chi connectivity index (χ1n) is 26.7. The highest BCUT2D eigenvalue weighted by atomic mass is 28.4. The summed E-state index contributed by atoms with van der Waals surface area (Å²) < 4.78 is 62.3. The second-order valence-corrected chi connectivity index (χ2v) is 27.4. The van der Waals surface area contributed by atoms with Crippen molar-refractivity contribution in [3.63, 3.8) is 0 Å². The number of methoxy groups -OCH3 is 4. The van der Waals surface area contributed by atoms with Gasteiger partial charge in [0.15, 0.2) is 8.32 Å². The lowest BCUT2D eigenvalue weighted by Gasteiger charge is -2.45. The Morgan fingerprint density at radius 3 is 1.19 bits per heavy atom. The number of carbonyl (C=O) groups excluding carboxylic acids is 2. The van der Waals surface area contributed by atoms with E-state index in [1.54, 1.807) is 15.9 Å². The van der Waals surface area contributed by atoms with Gasteiger partial charge in [0.1, 0.15) is 75.0 Å². The zero-order valence-corrected chi connectivity index (χ0v) is 49.5. The summed E-state index contributed by atoms with van der Waals surface area (Å²) in [4.78, 5) is 30.2. The number of aliphatic hydroxyl groups excluding tert-OH is 3. The Labute approximate surface area is 442 Å². The fraction of sp³-hybridized carbons (Fsp3) is 0.889. The molecule has 0 fully saturated rings. The van der Waals surface area contributed by atoms with E-state index in [2.05, 4.69) is 47.7 Å². The monoisotopic (exact) mass is 1060 g/mol. The summed E-state index contributed by atoms with van der Waals surface area (Å²) >= 11 is 0. The Balaban J connectivity index is 0.000000744. The fourth-order valence-corrected chi connectivity index (χ4v) is 9.09. The average Bonchev–Trinajstić information content (AvgIpc) is 3.30. The van der Waals surface area contributed by atoms with Gasteiger partial charge >= 0.3 is 12.2 Å². The van der Waals surface area contributed by atoms with Crippen LogP contribution in [-0.4, -0.2) is 187 Å². The number of amides is 2. The molecule has 2 aliphatic rings. The third-order valence-electron chi connectivity index (χ3n) is 13.1. The standard InChI is InChI=1S/C30H59NO8Si.C24H45NO8/c1-12-13-14-15-16-17-18-31(28(33)39-29(2,3)4)24-19-23(20-38-40(10,11)30(5,6)7)25(32)27(37-22-35-9)26(24)36-21-34-8;1-7-8-9-10-11-12-13-25(23(28)33-24(2,3)4)19-14-18(15-26)20(27)22(32-17-30-6)21(19)31-16-29-5/h19,24-27,32H,12-18,20-22H2,1-11H3;14,19-22,26-27H,7-13,15-17H2,1-6H3/t24-,25+,26-,27?;19-,20+,21-,22?/m11/s1. The first-order valence-corrected chi connectivity index (χ1v) is 29.6. The van der Waals surface area contributed by atoms with E-state index >= 15 is 0 Å². The third kappa shape index (κ3) is 25.2. The van der Waals surface area contributed by atoms with Crippen molar-refractivity contribution in [2.24, 2.45) is 0 Å². The van der Waals surface area contributed by atoms with Crippen molar-refractivity contribution in [1.29, 1.82) is 0 Å². The lowest BCUT2D eigenvalue weighted by Crippen LogP contribution is -2.59. The summed E-state index contributed by atoms with van der Waals surface area (Å²) in [6, 6.07) is -1.19. The van der Waals surface area contributed by atoms with Crippen LogP contribution in [0.3, 0.4) is 0 Å². The van der Waals surface area contributed by atoms with E-state index in [9.17, 15) is 24.9 Å². The molecular weight excluding hydrogens is 961 g/mol. The number of ether oxygens (including phenoxy) is 10. The molecule has 3 N–H and O–H groups in total. The molecule has 2 aliphatic carbocycles. The number of rotatable bonds is 32. The quantitative estimate of drug-likeness (QED) is 0.0249. The minimum absolute atomic E-state index is 0.00295. The molecule has 18 nitrogen and oxygen atoms in total. The molecule has 0 saturated carbocycles. The molecule has 0 aromatic carbocycles. The predicted octanol–water partition coefficient (Wildman–Crippen LogP) is 9.48. The second-order valence-electron chi connectivity index (χ2n) is 22.6. The van der Waals surface area contributed by atoms with Crippen LogP contribution in [0.15, 0.2) is 23.3 Å². The minimum atomic E-state index is -2.12. The maximum absolute atomic E-state index is 13.6. The Morgan fingerprint density at radius 1 is 0.534 bits per heavy atom. The number of nitrogens with zero attached hydrogens (tertiary/aromatic N) is 2. The van der Waals surface area contributed by atoms with Gasteiger partial charge in [0.05, 0.1) is 25.3 Å². The molecule has 2 rings (SSSR count). The van der Waals surface area contributed by atoms with E-state index in [0.29, 0.717) is 24.2 Å². The molecule has 0 heterocycles. The Bertz CT molecular complexity index is 1560. The van der Waals surface area contributed by atoms with E-state index < -0.39 is 80.4 Å². The molecule has 0 spiro atoms. The van der Waals surface area contributed by atoms with Gasteiger partial charge in [-0.25, -0.2) is 9.59 Å². The van der Waals surface area contributed by atoms with Gasteiger partial charge in [0, 0.05) is 41.5 Å². The lowest BCUT2D eigenvalue weighted by atomic mass is 9.87. The molecular formula is C54H104N2O16Si. The van der Waals surface area contributed by atoms with Crippen molar-refractivity contribution in [3.8, 4) is 0 Å². The van der Waals surface area contributed by atoms with Crippen LogP contribution in [-0.2, 0) is 51.8 Å². The summed E-state index contributed by atoms with van der Waals surface area (Å²) in [5, 5.41) is 32.1. The topological polar surface area (TPSA) is 203 Å². The second kappa shape index (κ2) is 35.2. The summed E-state index contributed by atoms with van der Waals surface area (Å²) in [6.45, 7) is 26.9. The SMILES string of the molecule is CCCCCCCCN(C(=O)OC(C)(C)C)[C@@H]1C=C(CO)[C@H](O)C(OCOC)[C@@H]1OCOC.CCCCCCCCN(C(=O)OC(C)(C)C)[C@@H]1C=C(CO[Si](C)(C)C(C)(C)C)[C@H](O)C(OCOC)[C@@H]1OCOC. The number of hydrogen-bond donors (Lipinski definition) is 3. The molecule has 8 atom stereocenters. The highest BCUT2D eigenvalue weighted by Gasteiger charge is 2.48. The molecule has 2 unspecified atom stereocenters. The number of aliphatic hydroxyl groups is 3. The van der Waals surface area contributed by atoms with E-state index in [4.69, 9.17) is 51.8 Å². The molecule has 73 heavy (non-hydrogen) atoms. The van der Waals surface area contributed by atoms with Crippen LogP contribution in [0.2, 0.25) is 18.1 Å². The molecule has 0 aromatic rings. The molecule has 430 valence electrons. The Kier molecular flexibility index (Phi) is 33.2. The highest BCUT2D eigenvalue weighted by Crippen LogP contribution is 2.38. The van der Waals surface area contributed by atoms with Crippen LogP contribution < -0.4 is 0 Å². The highest BCUT2D eigenvalue weighted by molar-refractivity contribution is 6.74. The van der Waals surface area contributed by atoms with Gasteiger partial charge in [-0.1, -0.05) is 111 Å². The molecule has 0 aliphatic heterocycles. The van der Waals surface area contributed by atoms with Crippen molar-refractivity contribution < 1.29 is 76.7 Å². The first-order chi connectivity index (χ1) is 34.3. The molecule has 2 amide bonds. The van der Waals surface area contributed by atoms with Crippen LogP contribution in [0, 0.1) is 0 Å². The summed E-state index contributed by atoms with van der Waals surface area (Å²) in [6.07, 6.45) is 10.3. The van der Waals surface area contributed by atoms with Gasteiger partial charge in [-0.3, -0.25) is 9.80 Å². The minimum Gasteiger partial charge on any atom is -0.444 e. The zero-order chi connectivity index (χ0) is 55.4. The van der Waals surface area contributed by atoms with E-state index in [0.717, 1.165) is 38.5 Å². The molecule has 19 heteroatoms. The molecule has 0 aromatic heterocycles. The lowest BCUT2D eigenvalue weighted by molar-refractivity contribution is -0.195. The first kappa shape index (κ1) is 68.8. The third-order valence-corrected chi connectivity index (χ3v) is 17.5. The summed E-state index contributed by atoms with van der Waals surface area (Å²) in [7, 11) is 3.92. The number of hydrogen-bond acceptors (Lipinski definition) is 16. The van der Waals surface area contributed by atoms with Crippen LogP contribution in [0.1, 0.15) is 153 Å². The van der Waals surface area contributed by atoms with Crippen LogP contribution in [0.25, 0.3) is 0 Å². The van der Waals surface area contributed by atoms with E-state index in [1.165, 1.54) is 67.0 Å². The van der Waals surface area contributed by atoms with Gasteiger partial charge in [-0.15, -0.1) is 0 Å².